The minimum absolute atomic E-state index is 0.0451. The van der Waals surface area contributed by atoms with Gasteiger partial charge in [-0.2, -0.15) is 0 Å². The molecule has 0 amide bonds. The summed E-state index contributed by atoms with van der Waals surface area (Å²) in [5.41, 5.74) is 0. The maximum Gasteiger partial charge on any atom is 0.105 e. The first-order valence-corrected chi connectivity index (χ1v) is 3.96. The second kappa shape index (κ2) is 4.02. The Hall–Kier alpha value is -0.150. The largest absolute Gasteiger partial charge is 0.381 e. The van der Waals surface area contributed by atoms with Crippen molar-refractivity contribution in [1.29, 1.82) is 0 Å². The Morgan fingerprint density at radius 2 is 1.45 bits per heavy atom. The minimum Gasteiger partial charge on any atom is -0.381 e. The highest BCUT2D eigenvalue weighted by Gasteiger charge is 2.28. The van der Waals surface area contributed by atoms with E-state index in [-0.39, 0.29) is 12.2 Å². The van der Waals surface area contributed by atoms with Crippen LogP contribution in [0.2, 0.25) is 0 Å². The Balaban J connectivity index is 2.37. The molecule has 0 heterocycles. The molecular formula is C8H15FO2. The highest BCUT2D eigenvalue weighted by molar-refractivity contribution is 4.79. The number of hydrogen-bond donors (Lipinski definition) is 0. The van der Waals surface area contributed by atoms with E-state index in [4.69, 9.17) is 9.47 Å². The fraction of sp³-hybridized carbons (Fsp3) is 1.00. The van der Waals surface area contributed by atoms with Crippen LogP contribution in [0.5, 0.6) is 0 Å². The molecule has 0 N–H and O–H groups in total. The molecule has 2 unspecified atom stereocenters. The SMILES string of the molecule is COC1CC(F)CC(OC)C1. The van der Waals surface area contributed by atoms with Gasteiger partial charge >= 0.3 is 0 Å². The van der Waals surface area contributed by atoms with Crippen LogP contribution in [0.3, 0.4) is 0 Å². The van der Waals surface area contributed by atoms with Crippen LogP contribution >= 0.6 is 0 Å². The molecule has 0 radical (unpaired) electrons. The zero-order valence-corrected chi connectivity index (χ0v) is 7.05. The summed E-state index contributed by atoms with van der Waals surface area (Å²) >= 11 is 0. The standard InChI is InChI=1S/C8H15FO2/c1-10-7-3-6(9)4-8(5-7)11-2/h6-8H,3-5H2,1-2H3. The summed E-state index contributed by atoms with van der Waals surface area (Å²) in [6.45, 7) is 0. The van der Waals surface area contributed by atoms with Crippen LogP contribution in [0, 0.1) is 0 Å². The fourth-order valence-electron chi connectivity index (χ4n) is 1.54. The number of rotatable bonds is 2. The number of ether oxygens (including phenoxy) is 2. The maximum absolute atomic E-state index is 12.9. The number of halogens is 1. The average Bonchev–Trinajstić information content (AvgIpc) is 2.03. The monoisotopic (exact) mass is 162 g/mol. The molecule has 2 atom stereocenters. The zero-order valence-electron chi connectivity index (χ0n) is 7.05. The molecule has 0 aromatic rings. The van der Waals surface area contributed by atoms with Crippen LogP contribution in [-0.4, -0.2) is 32.6 Å². The van der Waals surface area contributed by atoms with Gasteiger partial charge in [-0.05, 0) is 6.42 Å². The van der Waals surface area contributed by atoms with Crippen molar-refractivity contribution < 1.29 is 13.9 Å². The lowest BCUT2D eigenvalue weighted by molar-refractivity contribution is -0.0363. The van der Waals surface area contributed by atoms with Crippen molar-refractivity contribution in [2.45, 2.75) is 37.6 Å². The third-order valence-electron chi connectivity index (χ3n) is 2.23. The van der Waals surface area contributed by atoms with Crippen LogP contribution < -0.4 is 0 Å². The molecule has 0 aromatic heterocycles. The number of alkyl halides is 1. The van der Waals surface area contributed by atoms with Gasteiger partial charge in [-0.1, -0.05) is 0 Å². The Kier molecular flexibility index (Phi) is 3.27. The molecule has 3 heteroatoms. The van der Waals surface area contributed by atoms with E-state index in [1.54, 1.807) is 14.2 Å². The van der Waals surface area contributed by atoms with E-state index in [1.165, 1.54) is 0 Å². The van der Waals surface area contributed by atoms with Crippen molar-refractivity contribution in [3.05, 3.63) is 0 Å². The second-order valence-corrected chi connectivity index (χ2v) is 3.02. The predicted molar refractivity (Wildman–Crippen MR) is 40.3 cm³/mol. The van der Waals surface area contributed by atoms with Gasteiger partial charge in [0.1, 0.15) is 6.17 Å². The molecule has 11 heavy (non-hydrogen) atoms. The van der Waals surface area contributed by atoms with Crippen molar-refractivity contribution in [3.63, 3.8) is 0 Å². The number of methoxy groups -OCH3 is 2. The first-order valence-electron chi connectivity index (χ1n) is 3.96. The highest BCUT2D eigenvalue weighted by atomic mass is 19.1. The van der Waals surface area contributed by atoms with Gasteiger partial charge in [-0.15, -0.1) is 0 Å². The topological polar surface area (TPSA) is 18.5 Å². The van der Waals surface area contributed by atoms with Gasteiger partial charge in [0, 0.05) is 27.1 Å². The first kappa shape index (κ1) is 8.94. The van der Waals surface area contributed by atoms with Gasteiger partial charge in [0.2, 0.25) is 0 Å². The molecule has 0 aliphatic heterocycles. The molecular weight excluding hydrogens is 147 g/mol. The van der Waals surface area contributed by atoms with Gasteiger partial charge in [-0.3, -0.25) is 0 Å². The van der Waals surface area contributed by atoms with Crippen molar-refractivity contribution in [2.75, 3.05) is 14.2 Å². The van der Waals surface area contributed by atoms with E-state index in [2.05, 4.69) is 0 Å². The average molecular weight is 162 g/mol. The summed E-state index contributed by atoms with van der Waals surface area (Å²) in [5.74, 6) is 0. The quantitative estimate of drug-likeness (QED) is 0.613. The molecule has 0 aromatic carbocycles. The number of hydrogen-bond acceptors (Lipinski definition) is 2. The van der Waals surface area contributed by atoms with Crippen LogP contribution in [0.4, 0.5) is 4.39 Å². The van der Waals surface area contributed by atoms with Crippen molar-refractivity contribution in [2.24, 2.45) is 0 Å². The highest BCUT2D eigenvalue weighted by Crippen LogP contribution is 2.25. The van der Waals surface area contributed by atoms with Gasteiger partial charge in [0.25, 0.3) is 0 Å². The van der Waals surface area contributed by atoms with E-state index in [0.717, 1.165) is 6.42 Å². The smallest absolute Gasteiger partial charge is 0.105 e. The Bertz CT molecular complexity index is 107. The third kappa shape index (κ3) is 2.42. The molecule has 1 saturated carbocycles. The summed E-state index contributed by atoms with van der Waals surface area (Å²) < 4.78 is 23.0. The Labute approximate surface area is 66.7 Å². The van der Waals surface area contributed by atoms with Gasteiger partial charge in [0.15, 0.2) is 0 Å². The van der Waals surface area contributed by atoms with Crippen molar-refractivity contribution in [3.8, 4) is 0 Å². The van der Waals surface area contributed by atoms with E-state index >= 15 is 0 Å². The molecule has 2 nitrogen and oxygen atoms in total. The van der Waals surface area contributed by atoms with Gasteiger partial charge in [0.05, 0.1) is 12.2 Å². The normalized spacial score (nSPS) is 39.0. The van der Waals surface area contributed by atoms with Crippen molar-refractivity contribution >= 4 is 0 Å². The minimum atomic E-state index is -0.751. The van der Waals surface area contributed by atoms with Crippen LogP contribution in [0.15, 0.2) is 0 Å². The van der Waals surface area contributed by atoms with E-state index in [0.29, 0.717) is 12.8 Å². The fourth-order valence-corrected chi connectivity index (χ4v) is 1.54. The summed E-state index contributed by atoms with van der Waals surface area (Å²) in [6.07, 6.45) is 1.21. The molecule has 1 aliphatic rings. The van der Waals surface area contributed by atoms with Gasteiger partial charge < -0.3 is 9.47 Å². The van der Waals surface area contributed by atoms with Crippen molar-refractivity contribution in [1.82, 2.24) is 0 Å². The molecule has 0 bridgehead atoms. The Morgan fingerprint density at radius 3 is 1.82 bits per heavy atom. The summed E-state index contributed by atoms with van der Waals surface area (Å²) in [4.78, 5) is 0. The lowest BCUT2D eigenvalue weighted by Gasteiger charge is -2.29. The van der Waals surface area contributed by atoms with Crippen LogP contribution in [0.1, 0.15) is 19.3 Å². The molecule has 1 rings (SSSR count). The molecule has 1 fully saturated rings. The van der Waals surface area contributed by atoms with E-state index in [9.17, 15) is 4.39 Å². The summed E-state index contributed by atoms with van der Waals surface area (Å²) in [6, 6.07) is 0. The molecule has 66 valence electrons. The maximum atomic E-state index is 12.9. The van der Waals surface area contributed by atoms with E-state index in [1.807, 2.05) is 0 Å². The molecule has 0 spiro atoms. The van der Waals surface area contributed by atoms with Gasteiger partial charge in [-0.25, -0.2) is 4.39 Å². The zero-order chi connectivity index (χ0) is 8.27. The summed E-state index contributed by atoms with van der Waals surface area (Å²) in [7, 11) is 3.24. The molecule has 1 aliphatic carbocycles. The molecule has 0 saturated heterocycles. The first-order chi connectivity index (χ1) is 5.26. The third-order valence-corrected chi connectivity index (χ3v) is 2.23. The lowest BCUT2D eigenvalue weighted by atomic mass is 9.93. The van der Waals surface area contributed by atoms with E-state index < -0.39 is 6.17 Å². The summed E-state index contributed by atoms with van der Waals surface area (Å²) in [5, 5.41) is 0. The van der Waals surface area contributed by atoms with Crippen LogP contribution in [0.25, 0.3) is 0 Å². The van der Waals surface area contributed by atoms with Crippen LogP contribution in [-0.2, 0) is 9.47 Å². The Morgan fingerprint density at radius 1 is 1.00 bits per heavy atom. The predicted octanol–water partition coefficient (Wildman–Crippen LogP) is 1.54. The second-order valence-electron chi connectivity index (χ2n) is 3.02. The lowest BCUT2D eigenvalue weighted by Crippen LogP contribution is -2.32.